The van der Waals surface area contributed by atoms with Crippen LogP contribution in [0, 0.1) is 12.3 Å². The molecular weight excluding hydrogens is 252 g/mol. The summed E-state index contributed by atoms with van der Waals surface area (Å²) < 4.78 is 4.05. The summed E-state index contributed by atoms with van der Waals surface area (Å²) in [5.74, 6) is 2.31. The van der Waals surface area contributed by atoms with E-state index in [2.05, 4.69) is 10.9 Å². The Labute approximate surface area is 107 Å². The summed E-state index contributed by atoms with van der Waals surface area (Å²) in [6.45, 7) is -0.0404. The molecule has 0 N–H and O–H groups in total. The Morgan fingerprint density at radius 1 is 1.33 bits per heavy atom. The monoisotopic (exact) mass is 264 g/mol. The van der Waals surface area contributed by atoms with Gasteiger partial charge in [0.05, 0.1) is 6.54 Å². The van der Waals surface area contributed by atoms with Crippen LogP contribution in [0.1, 0.15) is 0 Å². The molecule has 0 atom stereocenters. The number of hydrogen-bond donors (Lipinski definition) is 0. The van der Waals surface area contributed by atoms with E-state index < -0.39 is 11.2 Å². The number of terminal acetylenes is 1. The van der Waals surface area contributed by atoms with E-state index in [-0.39, 0.29) is 6.54 Å². The first-order valence-electron chi connectivity index (χ1n) is 5.16. The van der Waals surface area contributed by atoms with E-state index in [1.165, 1.54) is 16.3 Å². The summed E-state index contributed by atoms with van der Waals surface area (Å²) in [5.41, 5.74) is -0.0839. The second kappa shape index (κ2) is 4.38. The van der Waals surface area contributed by atoms with Gasteiger partial charge in [0.1, 0.15) is 0 Å². The predicted octanol–water partition coefficient (Wildman–Crippen LogP) is -0.211. The molecule has 18 heavy (non-hydrogen) atoms. The quantitative estimate of drug-likeness (QED) is 0.556. The van der Waals surface area contributed by atoms with E-state index in [0.29, 0.717) is 16.3 Å². The lowest BCUT2D eigenvalue weighted by molar-refractivity contribution is 0.674. The number of imidazole rings is 1. The summed E-state index contributed by atoms with van der Waals surface area (Å²) in [5, 5.41) is 0.676. The molecule has 6 nitrogen and oxygen atoms in total. The minimum Gasteiger partial charge on any atom is -0.316 e. The molecule has 0 saturated carbocycles. The van der Waals surface area contributed by atoms with E-state index in [1.54, 1.807) is 18.7 Å². The fraction of sp³-hybridized carbons (Fsp3) is 0.364. The Bertz CT molecular complexity index is 775. The zero-order valence-electron chi connectivity index (χ0n) is 10.3. The number of nitrogens with zero attached hydrogens (tertiary/aromatic N) is 4. The fourth-order valence-electron chi connectivity index (χ4n) is 1.84. The van der Waals surface area contributed by atoms with E-state index in [1.807, 2.05) is 6.26 Å². The van der Waals surface area contributed by atoms with E-state index in [4.69, 9.17) is 6.42 Å². The SMILES string of the molecule is C#CCn1c(=O)c2c(nc(SC)n2C)n(C)c1=O. The first-order chi connectivity index (χ1) is 8.52. The molecule has 0 spiro atoms. The van der Waals surface area contributed by atoms with Gasteiger partial charge in [-0.15, -0.1) is 6.42 Å². The topological polar surface area (TPSA) is 61.8 Å². The van der Waals surface area contributed by atoms with Crippen LogP contribution < -0.4 is 11.2 Å². The normalized spacial score (nSPS) is 10.8. The molecule has 0 aromatic carbocycles. The lowest BCUT2D eigenvalue weighted by Crippen LogP contribution is -2.39. The molecule has 0 fully saturated rings. The molecule has 2 aromatic heterocycles. The highest BCUT2D eigenvalue weighted by molar-refractivity contribution is 7.98. The molecule has 7 heteroatoms. The van der Waals surface area contributed by atoms with Crippen molar-refractivity contribution < 1.29 is 0 Å². The van der Waals surface area contributed by atoms with E-state index >= 15 is 0 Å². The molecular formula is C11H12N4O2S. The summed E-state index contributed by atoms with van der Waals surface area (Å²) in [6.07, 6.45) is 7.04. The molecule has 0 saturated heterocycles. The lowest BCUT2D eigenvalue weighted by Gasteiger charge is -2.05. The maximum absolute atomic E-state index is 12.2. The minimum atomic E-state index is -0.448. The highest BCUT2D eigenvalue weighted by Gasteiger charge is 2.17. The van der Waals surface area contributed by atoms with Crippen molar-refractivity contribution in [3.63, 3.8) is 0 Å². The van der Waals surface area contributed by atoms with Gasteiger partial charge in [-0.25, -0.2) is 14.3 Å². The van der Waals surface area contributed by atoms with Gasteiger partial charge in [-0.3, -0.25) is 9.36 Å². The van der Waals surface area contributed by atoms with Gasteiger partial charge >= 0.3 is 5.69 Å². The predicted molar refractivity (Wildman–Crippen MR) is 70.8 cm³/mol. The smallest absolute Gasteiger partial charge is 0.316 e. The van der Waals surface area contributed by atoms with Gasteiger partial charge in [0, 0.05) is 14.1 Å². The van der Waals surface area contributed by atoms with E-state index in [9.17, 15) is 9.59 Å². The highest BCUT2D eigenvalue weighted by atomic mass is 32.2. The number of rotatable bonds is 2. The average molecular weight is 264 g/mol. The van der Waals surface area contributed by atoms with Crippen LogP contribution in [-0.4, -0.2) is 24.9 Å². The maximum Gasteiger partial charge on any atom is 0.333 e. The summed E-state index contributed by atoms with van der Waals surface area (Å²) in [4.78, 5) is 28.5. The van der Waals surface area contributed by atoms with Crippen LogP contribution in [0.25, 0.3) is 11.2 Å². The highest BCUT2D eigenvalue weighted by Crippen LogP contribution is 2.16. The molecule has 0 aliphatic heterocycles. The van der Waals surface area contributed by atoms with Crippen LogP contribution in [0.4, 0.5) is 0 Å². The number of hydrogen-bond acceptors (Lipinski definition) is 4. The second-order valence-electron chi connectivity index (χ2n) is 3.77. The Morgan fingerprint density at radius 2 is 2.00 bits per heavy atom. The first kappa shape index (κ1) is 12.5. The lowest BCUT2D eigenvalue weighted by atomic mass is 10.5. The van der Waals surface area contributed by atoms with Crippen molar-refractivity contribution in [3.05, 3.63) is 20.8 Å². The number of thioether (sulfide) groups is 1. The van der Waals surface area contributed by atoms with Crippen molar-refractivity contribution in [1.29, 1.82) is 0 Å². The van der Waals surface area contributed by atoms with Gasteiger partial charge in [0.25, 0.3) is 5.56 Å². The van der Waals surface area contributed by atoms with Crippen LogP contribution in [0.2, 0.25) is 0 Å². The van der Waals surface area contributed by atoms with Crippen molar-refractivity contribution in [2.24, 2.45) is 14.1 Å². The van der Waals surface area contributed by atoms with Crippen LogP contribution >= 0.6 is 11.8 Å². The van der Waals surface area contributed by atoms with Gasteiger partial charge in [0.15, 0.2) is 16.3 Å². The average Bonchev–Trinajstić information content (AvgIpc) is 2.69. The summed E-state index contributed by atoms with van der Waals surface area (Å²) in [7, 11) is 3.32. The molecule has 2 heterocycles. The minimum absolute atomic E-state index is 0.0404. The Kier molecular flexibility index (Phi) is 3.05. The molecule has 0 amide bonds. The van der Waals surface area contributed by atoms with Crippen LogP contribution in [0.3, 0.4) is 0 Å². The summed E-state index contributed by atoms with van der Waals surface area (Å²) >= 11 is 1.41. The third-order valence-electron chi connectivity index (χ3n) is 2.75. The Morgan fingerprint density at radius 3 is 2.56 bits per heavy atom. The molecule has 0 aliphatic carbocycles. The molecule has 0 bridgehead atoms. The van der Waals surface area contributed by atoms with Crippen LogP contribution in [0.15, 0.2) is 14.7 Å². The van der Waals surface area contributed by atoms with Gasteiger partial charge in [-0.1, -0.05) is 17.7 Å². The third-order valence-corrected chi connectivity index (χ3v) is 3.48. The van der Waals surface area contributed by atoms with Gasteiger partial charge in [0.2, 0.25) is 0 Å². The Balaban J connectivity index is 3.03. The molecule has 2 rings (SSSR count). The van der Waals surface area contributed by atoms with Gasteiger partial charge in [-0.2, -0.15) is 0 Å². The standard InChI is InChI=1S/C11H12N4O2S/c1-5-6-15-9(16)7-8(14(3)11(15)17)12-10(18-4)13(7)2/h1H,6H2,2-4H3. The third kappa shape index (κ3) is 1.57. The number of aryl methyl sites for hydroxylation is 2. The zero-order valence-corrected chi connectivity index (χ0v) is 11.1. The molecule has 0 unspecified atom stereocenters. The molecule has 0 aliphatic rings. The van der Waals surface area contributed by atoms with Crippen molar-refractivity contribution in [2.45, 2.75) is 11.7 Å². The van der Waals surface area contributed by atoms with E-state index in [0.717, 1.165) is 4.57 Å². The first-order valence-corrected chi connectivity index (χ1v) is 6.39. The van der Waals surface area contributed by atoms with Crippen LogP contribution in [-0.2, 0) is 20.6 Å². The van der Waals surface area contributed by atoms with Crippen molar-refractivity contribution in [2.75, 3.05) is 6.26 Å². The largest absolute Gasteiger partial charge is 0.333 e. The maximum atomic E-state index is 12.2. The Hall–Kier alpha value is -1.94. The molecule has 0 radical (unpaired) electrons. The van der Waals surface area contributed by atoms with Crippen LogP contribution in [0.5, 0.6) is 0 Å². The number of aromatic nitrogens is 4. The fourth-order valence-corrected chi connectivity index (χ4v) is 2.38. The van der Waals surface area contributed by atoms with Crippen molar-refractivity contribution in [3.8, 4) is 12.3 Å². The van der Waals surface area contributed by atoms with Crippen molar-refractivity contribution >= 4 is 22.9 Å². The zero-order chi connectivity index (χ0) is 13.4. The number of fused-ring (bicyclic) bond motifs is 1. The van der Waals surface area contributed by atoms with Crippen molar-refractivity contribution in [1.82, 2.24) is 18.7 Å². The summed E-state index contributed by atoms with van der Waals surface area (Å²) in [6, 6.07) is 0. The van der Waals surface area contributed by atoms with Gasteiger partial charge < -0.3 is 4.57 Å². The second-order valence-corrected chi connectivity index (χ2v) is 4.54. The van der Waals surface area contributed by atoms with Gasteiger partial charge in [-0.05, 0) is 6.26 Å². The molecule has 2 aromatic rings. The molecule has 94 valence electrons.